The molecule has 0 aromatic heterocycles. The molecule has 1 fully saturated rings. The van der Waals surface area contributed by atoms with E-state index in [1.807, 2.05) is 18.2 Å². The molecule has 3 nitrogen and oxygen atoms in total. The summed E-state index contributed by atoms with van der Waals surface area (Å²) in [6.07, 6.45) is 3.67. The molecule has 0 bridgehead atoms. The number of methoxy groups -OCH3 is 1. The van der Waals surface area contributed by atoms with E-state index in [4.69, 9.17) is 27.4 Å². The number of benzene rings is 1. The average molecular weight is 293 g/mol. The Hall–Kier alpha value is -1.29. The zero-order valence-electron chi connectivity index (χ0n) is 12.4. The van der Waals surface area contributed by atoms with Gasteiger partial charge in [0.2, 0.25) is 0 Å². The van der Waals surface area contributed by atoms with Crippen molar-refractivity contribution in [3.63, 3.8) is 0 Å². The lowest BCUT2D eigenvalue weighted by Gasteiger charge is -2.32. The first kappa shape index (κ1) is 15.1. The minimum absolute atomic E-state index is 0.231. The van der Waals surface area contributed by atoms with Gasteiger partial charge in [0.25, 0.3) is 0 Å². The van der Waals surface area contributed by atoms with Gasteiger partial charge in [-0.25, -0.2) is 0 Å². The van der Waals surface area contributed by atoms with Crippen LogP contribution in [0.4, 0.5) is 0 Å². The topological polar surface area (TPSA) is 44.5 Å². The zero-order chi connectivity index (χ0) is 14.7. The van der Waals surface area contributed by atoms with Crippen LogP contribution in [-0.4, -0.2) is 18.2 Å². The SMILES string of the molecule is COc1ccc(C(N)=S)c(OC2CC(C)CC(C)C2)c1. The fraction of sp³-hybridized carbons (Fsp3) is 0.562. The molecular formula is C16H23NO2S. The molecule has 1 aliphatic carbocycles. The van der Waals surface area contributed by atoms with Gasteiger partial charge in [-0.05, 0) is 43.2 Å². The maximum atomic E-state index is 6.18. The quantitative estimate of drug-likeness (QED) is 0.863. The van der Waals surface area contributed by atoms with E-state index in [2.05, 4.69) is 13.8 Å². The molecule has 1 aromatic rings. The summed E-state index contributed by atoms with van der Waals surface area (Å²) in [5.74, 6) is 2.89. The molecule has 2 atom stereocenters. The Morgan fingerprint density at radius 1 is 1.20 bits per heavy atom. The highest BCUT2D eigenvalue weighted by Gasteiger charge is 2.26. The summed E-state index contributed by atoms with van der Waals surface area (Å²) in [4.78, 5) is 0.361. The molecule has 0 amide bonds. The second kappa shape index (κ2) is 6.44. The predicted molar refractivity (Wildman–Crippen MR) is 85.5 cm³/mol. The monoisotopic (exact) mass is 293 g/mol. The van der Waals surface area contributed by atoms with Crippen LogP contribution in [0.2, 0.25) is 0 Å². The molecule has 110 valence electrons. The van der Waals surface area contributed by atoms with Gasteiger partial charge in [-0.2, -0.15) is 0 Å². The van der Waals surface area contributed by atoms with Gasteiger partial charge in [-0.1, -0.05) is 26.1 Å². The Balaban J connectivity index is 2.20. The highest BCUT2D eigenvalue weighted by molar-refractivity contribution is 7.80. The van der Waals surface area contributed by atoms with Crippen LogP contribution < -0.4 is 15.2 Å². The molecule has 20 heavy (non-hydrogen) atoms. The van der Waals surface area contributed by atoms with Crippen molar-refractivity contribution in [1.82, 2.24) is 0 Å². The van der Waals surface area contributed by atoms with E-state index in [-0.39, 0.29) is 6.10 Å². The molecule has 0 aliphatic heterocycles. The summed E-state index contributed by atoms with van der Waals surface area (Å²) in [6.45, 7) is 4.57. The van der Waals surface area contributed by atoms with Crippen molar-refractivity contribution in [3.8, 4) is 11.5 Å². The maximum Gasteiger partial charge on any atom is 0.133 e. The Morgan fingerprint density at radius 3 is 2.40 bits per heavy atom. The third-order valence-electron chi connectivity index (χ3n) is 3.88. The van der Waals surface area contributed by atoms with Crippen molar-refractivity contribution in [2.75, 3.05) is 7.11 Å². The third kappa shape index (κ3) is 3.63. The van der Waals surface area contributed by atoms with Crippen molar-refractivity contribution >= 4 is 17.2 Å². The molecule has 0 spiro atoms. The Morgan fingerprint density at radius 2 is 1.85 bits per heavy atom. The van der Waals surface area contributed by atoms with E-state index in [9.17, 15) is 0 Å². The van der Waals surface area contributed by atoms with E-state index in [1.54, 1.807) is 7.11 Å². The van der Waals surface area contributed by atoms with Gasteiger partial charge in [-0.3, -0.25) is 0 Å². The fourth-order valence-corrected chi connectivity index (χ4v) is 3.25. The van der Waals surface area contributed by atoms with Crippen LogP contribution in [0.3, 0.4) is 0 Å². The fourth-order valence-electron chi connectivity index (χ4n) is 3.08. The molecular weight excluding hydrogens is 270 g/mol. The van der Waals surface area contributed by atoms with Crippen LogP contribution in [-0.2, 0) is 0 Å². The lowest BCUT2D eigenvalue weighted by molar-refractivity contribution is 0.101. The van der Waals surface area contributed by atoms with Gasteiger partial charge in [0, 0.05) is 6.07 Å². The predicted octanol–water partition coefficient (Wildman–Crippen LogP) is 3.53. The molecule has 1 aromatic carbocycles. The molecule has 0 heterocycles. The summed E-state index contributed by atoms with van der Waals surface area (Å²) in [5, 5.41) is 0. The first-order valence-corrected chi connectivity index (χ1v) is 7.55. The molecule has 2 N–H and O–H groups in total. The lowest BCUT2D eigenvalue weighted by Crippen LogP contribution is -2.29. The normalized spacial score (nSPS) is 26.1. The molecule has 1 aliphatic rings. The van der Waals surface area contributed by atoms with Crippen molar-refractivity contribution in [2.24, 2.45) is 17.6 Å². The van der Waals surface area contributed by atoms with Crippen molar-refractivity contribution in [2.45, 2.75) is 39.2 Å². The number of thiocarbonyl (C=S) groups is 1. The van der Waals surface area contributed by atoms with Gasteiger partial charge in [0.15, 0.2) is 0 Å². The lowest BCUT2D eigenvalue weighted by atomic mass is 9.82. The summed E-state index contributed by atoms with van der Waals surface area (Å²) < 4.78 is 11.4. The minimum atomic E-state index is 0.231. The van der Waals surface area contributed by atoms with Gasteiger partial charge >= 0.3 is 0 Å². The molecule has 2 unspecified atom stereocenters. The molecule has 4 heteroatoms. The smallest absolute Gasteiger partial charge is 0.133 e. The Labute approximate surface area is 126 Å². The number of hydrogen-bond donors (Lipinski definition) is 1. The number of ether oxygens (including phenoxy) is 2. The van der Waals surface area contributed by atoms with Crippen molar-refractivity contribution < 1.29 is 9.47 Å². The van der Waals surface area contributed by atoms with Crippen LogP contribution in [0, 0.1) is 11.8 Å². The van der Waals surface area contributed by atoms with Crippen LogP contribution in [0.25, 0.3) is 0 Å². The second-order valence-corrected chi connectivity index (χ2v) is 6.32. The average Bonchev–Trinajstić information content (AvgIpc) is 2.37. The van der Waals surface area contributed by atoms with E-state index in [1.165, 1.54) is 6.42 Å². The standard InChI is InChI=1S/C16H23NO2S/c1-10-6-11(2)8-13(7-10)19-15-9-12(18-3)4-5-14(15)16(17)20/h4-5,9-11,13H,6-8H2,1-3H3,(H2,17,20). The molecule has 0 radical (unpaired) electrons. The van der Waals surface area contributed by atoms with Gasteiger partial charge < -0.3 is 15.2 Å². The van der Waals surface area contributed by atoms with E-state index in [0.29, 0.717) is 16.8 Å². The minimum Gasteiger partial charge on any atom is -0.497 e. The first-order chi connectivity index (χ1) is 9.49. The summed E-state index contributed by atoms with van der Waals surface area (Å²) in [5.41, 5.74) is 6.56. The van der Waals surface area contributed by atoms with Crippen molar-refractivity contribution in [1.29, 1.82) is 0 Å². The Kier molecular flexibility index (Phi) is 4.86. The van der Waals surface area contributed by atoms with Crippen molar-refractivity contribution in [3.05, 3.63) is 23.8 Å². The van der Waals surface area contributed by atoms with Crippen LogP contribution in [0.1, 0.15) is 38.7 Å². The van der Waals surface area contributed by atoms with Gasteiger partial charge in [0.1, 0.15) is 16.5 Å². The number of nitrogens with two attached hydrogens (primary N) is 1. The van der Waals surface area contributed by atoms with Gasteiger partial charge in [0.05, 0.1) is 18.8 Å². The second-order valence-electron chi connectivity index (χ2n) is 5.88. The van der Waals surface area contributed by atoms with Crippen LogP contribution in [0.5, 0.6) is 11.5 Å². The summed E-state index contributed by atoms with van der Waals surface area (Å²) in [6, 6.07) is 5.60. The molecule has 1 saturated carbocycles. The first-order valence-electron chi connectivity index (χ1n) is 7.14. The third-order valence-corrected chi connectivity index (χ3v) is 4.10. The van der Waals surface area contributed by atoms with E-state index in [0.717, 1.165) is 29.9 Å². The molecule has 2 rings (SSSR count). The number of hydrogen-bond acceptors (Lipinski definition) is 3. The van der Waals surface area contributed by atoms with E-state index < -0.39 is 0 Å². The zero-order valence-corrected chi connectivity index (χ0v) is 13.2. The van der Waals surface area contributed by atoms with E-state index >= 15 is 0 Å². The Bertz CT molecular complexity index is 479. The van der Waals surface area contributed by atoms with Gasteiger partial charge in [-0.15, -0.1) is 0 Å². The summed E-state index contributed by atoms with van der Waals surface area (Å²) >= 11 is 5.10. The largest absolute Gasteiger partial charge is 0.497 e. The maximum absolute atomic E-state index is 6.18. The highest BCUT2D eigenvalue weighted by atomic mass is 32.1. The van der Waals surface area contributed by atoms with Crippen LogP contribution in [0.15, 0.2) is 18.2 Å². The highest BCUT2D eigenvalue weighted by Crippen LogP contribution is 2.33. The molecule has 0 saturated heterocycles. The number of rotatable bonds is 4. The summed E-state index contributed by atoms with van der Waals surface area (Å²) in [7, 11) is 1.64. The van der Waals surface area contributed by atoms with Crippen LogP contribution >= 0.6 is 12.2 Å².